The first kappa shape index (κ1) is 37.0. The fourth-order valence-electron chi connectivity index (χ4n) is 5.06. The molecule has 5 atom stereocenters. The van der Waals surface area contributed by atoms with Crippen molar-refractivity contribution in [1.29, 1.82) is 0 Å². The summed E-state index contributed by atoms with van der Waals surface area (Å²) in [6, 6.07) is 0. The standard InChI is InChI=1S/C33H58F2O5Si2/c1-13-14-15-18-24(39-41(9,10)31(2,3)4)21-22-25-26(40-42(11,12)32(5,6)7)23-27-30(25)33(34,35)28(38-27)19-16-17-20-29(36)37-8/h19,24-27,30H,13-18,20,23H2,1-12H3/t24-,25+,26+,27?,30?/m0/s1. The number of carbonyl (C=O) groups is 1. The monoisotopic (exact) mass is 628 g/mol. The Balaban J connectivity index is 2.44. The molecule has 5 nitrogen and oxygen atoms in total. The molecule has 9 heteroatoms. The molecular weight excluding hydrogens is 571 g/mol. The number of halogens is 2. The smallest absolute Gasteiger partial charge is 0.311 e. The van der Waals surface area contributed by atoms with Crippen LogP contribution in [0.4, 0.5) is 8.78 Å². The normalized spacial score (nSPS) is 25.9. The summed E-state index contributed by atoms with van der Waals surface area (Å²) in [6.45, 7) is 24.0. The Morgan fingerprint density at radius 1 is 1.07 bits per heavy atom. The highest BCUT2D eigenvalue weighted by Crippen LogP contribution is 2.55. The van der Waals surface area contributed by atoms with Gasteiger partial charge in [-0.3, -0.25) is 4.79 Å². The van der Waals surface area contributed by atoms with Gasteiger partial charge >= 0.3 is 11.9 Å². The van der Waals surface area contributed by atoms with Crippen molar-refractivity contribution < 1.29 is 31.9 Å². The summed E-state index contributed by atoms with van der Waals surface area (Å²) in [5.41, 5.74) is 0. The maximum atomic E-state index is 16.1. The minimum atomic E-state index is -3.17. The van der Waals surface area contributed by atoms with Gasteiger partial charge in [-0.05, 0) is 68.0 Å². The number of alkyl halides is 2. The molecule has 42 heavy (non-hydrogen) atoms. The molecule has 242 valence electrons. The van der Waals surface area contributed by atoms with Crippen LogP contribution in [0.1, 0.15) is 99.8 Å². The third-order valence-electron chi connectivity index (χ3n) is 9.80. The lowest BCUT2D eigenvalue weighted by Gasteiger charge is -2.40. The van der Waals surface area contributed by atoms with Crippen molar-refractivity contribution >= 4 is 22.6 Å². The molecule has 0 bridgehead atoms. The van der Waals surface area contributed by atoms with Crippen LogP contribution in [0.2, 0.25) is 36.3 Å². The van der Waals surface area contributed by atoms with Crippen molar-refractivity contribution in [2.24, 2.45) is 11.8 Å². The quantitative estimate of drug-likeness (QED) is 0.0933. The van der Waals surface area contributed by atoms with E-state index in [-0.39, 0.29) is 34.3 Å². The first-order valence-electron chi connectivity index (χ1n) is 15.9. The summed E-state index contributed by atoms with van der Waals surface area (Å²) in [7, 11) is -3.06. The van der Waals surface area contributed by atoms with Gasteiger partial charge < -0.3 is 18.3 Å². The van der Waals surface area contributed by atoms with Crippen molar-refractivity contribution in [3.8, 4) is 11.8 Å². The third kappa shape index (κ3) is 9.15. The third-order valence-corrected chi connectivity index (χ3v) is 18.8. The lowest BCUT2D eigenvalue weighted by atomic mass is 9.88. The van der Waals surface area contributed by atoms with Crippen LogP contribution in [-0.4, -0.2) is 53.9 Å². The Morgan fingerprint density at radius 3 is 2.24 bits per heavy atom. The van der Waals surface area contributed by atoms with Gasteiger partial charge in [0.2, 0.25) is 0 Å². The molecule has 1 aliphatic carbocycles. The number of carbonyl (C=O) groups excluding carboxylic acids is 1. The molecule has 0 aromatic rings. The van der Waals surface area contributed by atoms with E-state index in [2.05, 4.69) is 91.2 Å². The van der Waals surface area contributed by atoms with Crippen molar-refractivity contribution in [2.45, 2.75) is 160 Å². The second-order valence-corrected chi connectivity index (χ2v) is 24.7. The fourth-order valence-corrected chi connectivity index (χ4v) is 7.65. The molecule has 1 aliphatic heterocycles. The minimum absolute atomic E-state index is 0.0179. The molecule has 1 heterocycles. The maximum absolute atomic E-state index is 16.1. The Hall–Kier alpha value is -1.22. The van der Waals surface area contributed by atoms with E-state index in [1.54, 1.807) is 0 Å². The van der Waals surface area contributed by atoms with E-state index in [4.69, 9.17) is 13.6 Å². The lowest BCUT2D eigenvalue weighted by Crippen LogP contribution is -2.46. The molecular formula is C33H58F2O5Si2. The van der Waals surface area contributed by atoms with Gasteiger partial charge in [0.15, 0.2) is 22.4 Å². The lowest BCUT2D eigenvalue weighted by molar-refractivity contribution is -0.140. The second kappa shape index (κ2) is 14.3. The number of methoxy groups -OCH3 is 1. The summed E-state index contributed by atoms with van der Waals surface area (Å²) < 4.78 is 56.3. The van der Waals surface area contributed by atoms with E-state index in [0.29, 0.717) is 19.3 Å². The van der Waals surface area contributed by atoms with Crippen LogP contribution < -0.4 is 0 Å². The fraction of sp³-hybridized carbons (Fsp3) is 0.848. The van der Waals surface area contributed by atoms with Crippen molar-refractivity contribution in [3.63, 3.8) is 0 Å². The predicted octanol–water partition coefficient (Wildman–Crippen LogP) is 9.25. The van der Waals surface area contributed by atoms with Crippen LogP contribution in [0.15, 0.2) is 11.8 Å². The van der Waals surface area contributed by atoms with E-state index < -0.39 is 46.6 Å². The van der Waals surface area contributed by atoms with Gasteiger partial charge in [-0.2, -0.15) is 8.78 Å². The number of rotatable bonds is 12. The molecule has 1 saturated heterocycles. The molecule has 0 aromatic carbocycles. The molecule has 0 radical (unpaired) electrons. The van der Waals surface area contributed by atoms with Gasteiger partial charge in [0.25, 0.3) is 0 Å². The van der Waals surface area contributed by atoms with Crippen molar-refractivity contribution in [1.82, 2.24) is 0 Å². The number of allylic oxidation sites excluding steroid dienone is 2. The van der Waals surface area contributed by atoms with Crippen LogP contribution in [0.3, 0.4) is 0 Å². The van der Waals surface area contributed by atoms with Crippen LogP contribution in [-0.2, 0) is 23.1 Å². The number of fused-ring (bicyclic) bond motifs is 1. The molecule has 0 N–H and O–H groups in total. The molecule has 0 amide bonds. The van der Waals surface area contributed by atoms with Crippen LogP contribution >= 0.6 is 0 Å². The van der Waals surface area contributed by atoms with Crippen LogP contribution in [0.25, 0.3) is 0 Å². The topological polar surface area (TPSA) is 54.0 Å². The molecule has 0 spiro atoms. The second-order valence-electron chi connectivity index (χ2n) is 15.2. The van der Waals surface area contributed by atoms with Gasteiger partial charge in [0, 0.05) is 12.8 Å². The largest absolute Gasteiger partial charge is 0.488 e. The predicted molar refractivity (Wildman–Crippen MR) is 171 cm³/mol. The number of unbranched alkanes of at least 4 members (excludes halogenated alkanes) is 3. The number of hydrogen-bond donors (Lipinski definition) is 0. The van der Waals surface area contributed by atoms with Gasteiger partial charge in [0.1, 0.15) is 12.2 Å². The zero-order chi connectivity index (χ0) is 32.1. The summed E-state index contributed by atoms with van der Waals surface area (Å²) >= 11 is 0. The molecule has 2 aliphatic rings. The summed E-state index contributed by atoms with van der Waals surface area (Å²) in [5.74, 6) is 1.15. The van der Waals surface area contributed by atoms with Crippen molar-refractivity contribution in [2.75, 3.05) is 7.11 Å². The highest BCUT2D eigenvalue weighted by molar-refractivity contribution is 6.74. The van der Waals surface area contributed by atoms with Gasteiger partial charge in [-0.1, -0.05) is 73.1 Å². The highest BCUT2D eigenvalue weighted by atomic mass is 28.4. The molecule has 2 rings (SSSR count). The Morgan fingerprint density at radius 2 is 1.69 bits per heavy atom. The average molecular weight is 629 g/mol. The summed E-state index contributed by atoms with van der Waals surface area (Å²) in [4.78, 5) is 11.5. The number of hydrogen-bond acceptors (Lipinski definition) is 5. The van der Waals surface area contributed by atoms with E-state index in [1.807, 2.05) is 0 Å². The Kier molecular flexibility index (Phi) is 12.6. The molecule has 2 unspecified atom stereocenters. The van der Waals surface area contributed by atoms with E-state index in [0.717, 1.165) is 25.7 Å². The SMILES string of the molecule is CCCCC[C@@H](C#C[C@H]1C2C(C[C@H]1O[Si](C)(C)C(C)(C)C)OC(=CCCCC(=O)OC)C2(F)F)O[Si](C)(C)C(C)(C)C. The van der Waals surface area contributed by atoms with Crippen LogP contribution in [0, 0.1) is 23.7 Å². The first-order chi connectivity index (χ1) is 19.2. The van der Waals surface area contributed by atoms with Crippen molar-refractivity contribution in [3.05, 3.63) is 11.8 Å². The van der Waals surface area contributed by atoms with Gasteiger partial charge in [-0.25, -0.2) is 0 Å². The Bertz CT molecular complexity index is 1000. The van der Waals surface area contributed by atoms with E-state index in [9.17, 15) is 4.79 Å². The van der Waals surface area contributed by atoms with E-state index in [1.165, 1.54) is 13.2 Å². The molecule has 2 fully saturated rings. The first-order valence-corrected chi connectivity index (χ1v) is 21.7. The number of esters is 1. The Labute approximate surface area is 257 Å². The highest BCUT2D eigenvalue weighted by Gasteiger charge is 2.65. The average Bonchev–Trinajstić information content (AvgIpc) is 3.30. The molecule has 1 saturated carbocycles. The zero-order valence-electron chi connectivity index (χ0n) is 28.4. The van der Waals surface area contributed by atoms with Gasteiger partial charge in [-0.15, -0.1) is 0 Å². The number of ether oxygens (including phenoxy) is 2. The summed E-state index contributed by atoms with van der Waals surface area (Å²) in [6.07, 6.45) is 5.33. The maximum Gasteiger partial charge on any atom is 0.311 e. The van der Waals surface area contributed by atoms with Crippen LogP contribution in [0.5, 0.6) is 0 Å². The van der Waals surface area contributed by atoms with E-state index >= 15 is 8.78 Å². The summed E-state index contributed by atoms with van der Waals surface area (Å²) in [5, 5.41) is -0.0467. The molecule has 0 aromatic heterocycles. The minimum Gasteiger partial charge on any atom is -0.488 e. The zero-order valence-corrected chi connectivity index (χ0v) is 30.4. The van der Waals surface area contributed by atoms with Gasteiger partial charge in [0.05, 0.1) is 25.0 Å².